The summed E-state index contributed by atoms with van der Waals surface area (Å²) >= 11 is 0. The van der Waals surface area contributed by atoms with E-state index in [2.05, 4.69) is 102 Å². The van der Waals surface area contributed by atoms with E-state index in [1.54, 1.807) is 0 Å². The number of likely N-dealkylation sites (N-methyl/N-ethyl adjacent to an activating group) is 1. The molecule has 2 unspecified atom stereocenters. The monoisotopic (exact) mass is 517 g/mol. The third-order valence-corrected chi connectivity index (χ3v) is 7.83. The van der Waals surface area contributed by atoms with Crippen LogP contribution in [0.4, 0.5) is 5.69 Å². The summed E-state index contributed by atoms with van der Waals surface area (Å²) in [5.41, 5.74) is 7.30. The molecule has 3 aliphatic rings. The van der Waals surface area contributed by atoms with Crippen LogP contribution in [-0.2, 0) is 11.3 Å². The number of anilines is 1. The Morgan fingerprint density at radius 3 is 2.61 bits per heavy atom. The number of hydrogen-bond donors (Lipinski definition) is 1. The van der Waals surface area contributed by atoms with Gasteiger partial charge < -0.3 is 19.8 Å². The number of piperazine rings is 1. The molecule has 0 bridgehead atoms. The highest BCUT2D eigenvalue weighted by molar-refractivity contribution is 6.06. The molecule has 1 fully saturated rings. The van der Waals surface area contributed by atoms with E-state index in [1.165, 1.54) is 16.7 Å². The van der Waals surface area contributed by atoms with Crippen LogP contribution in [0.1, 0.15) is 30.5 Å². The van der Waals surface area contributed by atoms with E-state index in [0.717, 1.165) is 81.5 Å². The van der Waals surface area contributed by atoms with E-state index in [-0.39, 0.29) is 12.0 Å². The highest BCUT2D eigenvalue weighted by Gasteiger charge is 2.41. The minimum atomic E-state index is 0.0485. The molecule has 0 aromatic heterocycles. The predicted octanol–water partition coefficient (Wildman–Crippen LogP) is 4.06. The number of ether oxygens (including phenoxy) is 1. The predicted molar refractivity (Wildman–Crippen MR) is 156 cm³/mol. The average Bonchev–Trinajstić information content (AvgIpc) is 3.32. The van der Waals surface area contributed by atoms with E-state index in [4.69, 9.17) is 9.57 Å². The van der Waals surface area contributed by atoms with E-state index in [9.17, 15) is 0 Å². The van der Waals surface area contributed by atoms with Gasteiger partial charge in [0.05, 0.1) is 5.92 Å². The third kappa shape index (κ3) is 6.40. The standard InChI is InChI=1S/C31H43N5O2/c1-5-25-18-26-29(19-28(25)32-11-12-34(3)4)37-22-27-30(38-33-31(26)27)21-36-15-13-35(14-16-36)20-23(2)17-24-9-7-6-8-10-24/h6-10,17-19,27,30,32H,5,11-16,20-22H2,1-4H3/b23-17+. The van der Waals surface area contributed by atoms with Crippen molar-refractivity contribution in [1.29, 1.82) is 0 Å². The highest BCUT2D eigenvalue weighted by Crippen LogP contribution is 2.37. The molecular weight excluding hydrogens is 474 g/mol. The van der Waals surface area contributed by atoms with Crippen LogP contribution >= 0.6 is 0 Å². The van der Waals surface area contributed by atoms with Crippen LogP contribution in [0.25, 0.3) is 6.08 Å². The normalized spacial score (nSPS) is 21.9. The maximum absolute atomic E-state index is 6.29. The summed E-state index contributed by atoms with van der Waals surface area (Å²) in [5, 5.41) is 8.18. The third-order valence-electron chi connectivity index (χ3n) is 7.83. The Morgan fingerprint density at radius 2 is 1.87 bits per heavy atom. The second-order valence-corrected chi connectivity index (χ2v) is 11.1. The maximum atomic E-state index is 6.29. The van der Waals surface area contributed by atoms with Crippen molar-refractivity contribution >= 4 is 17.5 Å². The minimum Gasteiger partial charge on any atom is -0.492 e. The van der Waals surface area contributed by atoms with Crippen molar-refractivity contribution in [2.24, 2.45) is 11.1 Å². The first-order valence-corrected chi connectivity index (χ1v) is 14.1. The second-order valence-electron chi connectivity index (χ2n) is 11.1. The number of fused-ring (bicyclic) bond motifs is 3. The van der Waals surface area contributed by atoms with Gasteiger partial charge in [-0.3, -0.25) is 9.80 Å². The van der Waals surface area contributed by atoms with Gasteiger partial charge in [-0.2, -0.15) is 0 Å². The molecule has 2 aromatic carbocycles. The first-order chi connectivity index (χ1) is 18.5. The molecule has 0 amide bonds. The molecule has 7 heteroatoms. The summed E-state index contributed by atoms with van der Waals surface area (Å²) in [4.78, 5) is 13.3. The number of rotatable bonds is 10. The molecule has 2 atom stereocenters. The molecule has 1 N–H and O–H groups in total. The zero-order valence-electron chi connectivity index (χ0n) is 23.4. The van der Waals surface area contributed by atoms with E-state index < -0.39 is 0 Å². The fourth-order valence-corrected chi connectivity index (χ4v) is 5.65. The molecule has 3 heterocycles. The van der Waals surface area contributed by atoms with E-state index in [0.29, 0.717) is 6.61 Å². The van der Waals surface area contributed by atoms with Crippen molar-refractivity contribution in [3.8, 4) is 5.75 Å². The van der Waals surface area contributed by atoms with Crippen LogP contribution in [0.15, 0.2) is 53.2 Å². The lowest BCUT2D eigenvalue weighted by Gasteiger charge is -2.36. The van der Waals surface area contributed by atoms with Gasteiger partial charge in [-0.25, -0.2) is 0 Å². The molecule has 0 saturated carbocycles. The number of nitrogens with zero attached hydrogens (tertiary/aromatic N) is 4. The summed E-state index contributed by atoms with van der Waals surface area (Å²) in [6.07, 6.45) is 3.31. The summed E-state index contributed by atoms with van der Waals surface area (Å²) in [6, 6.07) is 15.0. The maximum Gasteiger partial charge on any atom is 0.151 e. The molecule has 1 saturated heterocycles. The number of benzene rings is 2. The quantitative estimate of drug-likeness (QED) is 0.513. The van der Waals surface area contributed by atoms with Crippen LogP contribution in [0.2, 0.25) is 0 Å². The lowest BCUT2D eigenvalue weighted by Crippen LogP contribution is -2.50. The van der Waals surface area contributed by atoms with Gasteiger partial charge in [0, 0.05) is 69.7 Å². The highest BCUT2D eigenvalue weighted by atomic mass is 16.6. The van der Waals surface area contributed by atoms with E-state index in [1.807, 2.05) is 0 Å². The Balaban J connectivity index is 1.14. The molecule has 3 aliphatic heterocycles. The van der Waals surface area contributed by atoms with Gasteiger partial charge in [0.15, 0.2) is 6.10 Å². The van der Waals surface area contributed by atoms with Gasteiger partial charge in [-0.05, 0) is 44.6 Å². The lowest BCUT2D eigenvalue weighted by atomic mass is 9.88. The topological polar surface area (TPSA) is 52.6 Å². The molecule has 0 spiro atoms. The molecule has 38 heavy (non-hydrogen) atoms. The van der Waals surface area contributed by atoms with E-state index >= 15 is 0 Å². The summed E-state index contributed by atoms with van der Waals surface area (Å²) in [5.74, 6) is 1.11. The van der Waals surface area contributed by atoms with Crippen LogP contribution in [0.5, 0.6) is 5.75 Å². The SMILES string of the molecule is CCc1cc2c(cc1NCCN(C)C)OCC1C2=NOC1CN1CCN(C/C(C)=C/c2ccccc2)CC1. The van der Waals surface area contributed by atoms with Crippen molar-refractivity contribution < 1.29 is 9.57 Å². The van der Waals surface area contributed by atoms with Gasteiger partial charge in [0.2, 0.25) is 0 Å². The van der Waals surface area contributed by atoms with Crippen molar-refractivity contribution in [3.05, 3.63) is 64.7 Å². The Morgan fingerprint density at radius 1 is 1.11 bits per heavy atom. The average molecular weight is 518 g/mol. The van der Waals surface area contributed by atoms with Crippen LogP contribution in [-0.4, -0.2) is 99.6 Å². The van der Waals surface area contributed by atoms with Crippen molar-refractivity contribution in [3.63, 3.8) is 0 Å². The van der Waals surface area contributed by atoms with Crippen LogP contribution < -0.4 is 10.1 Å². The summed E-state index contributed by atoms with van der Waals surface area (Å²) in [7, 11) is 4.19. The fourth-order valence-electron chi connectivity index (χ4n) is 5.65. The first kappa shape index (κ1) is 26.7. The lowest BCUT2D eigenvalue weighted by molar-refractivity contribution is 0.0101. The molecule has 7 nitrogen and oxygen atoms in total. The van der Waals surface area contributed by atoms with Crippen molar-refractivity contribution in [2.45, 2.75) is 26.4 Å². The van der Waals surface area contributed by atoms with Gasteiger partial charge >= 0.3 is 0 Å². The van der Waals surface area contributed by atoms with Crippen LogP contribution in [0, 0.1) is 5.92 Å². The minimum absolute atomic E-state index is 0.0485. The Labute approximate surface area is 228 Å². The molecule has 2 aromatic rings. The molecule has 5 rings (SSSR count). The fraction of sp³-hybridized carbons (Fsp3) is 0.516. The zero-order chi connectivity index (χ0) is 26.5. The molecule has 204 valence electrons. The summed E-state index contributed by atoms with van der Waals surface area (Å²) < 4.78 is 6.29. The molecular formula is C31H43N5O2. The number of oxime groups is 1. The Hall–Kier alpha value is -2.87. The number of hydrogen-bond acceptors (Lipinski definition) is 7. The first-order valence-electron chi connectivity index (χ1n) is 14.1. The van der Waals surface area contributed by atoms with Crippen molar-refractivity contribution in [2.75, 3.05) is 78.4 Å². The molecule has 0 radical (unpaired) electrons. The number of aryl methyl sites for hydroxylation is 1. The van der Waals surface area contributed by atoms with Gasteiger partial charge in [-0.1, -0.05) is 54.1 Å². The Bertz CT molecular complexity index is 1140. The van der Waals surface area contributed by atoms with Gasteiger partial charge in [0.25, 0.3) is 0 Å². The van der Waals surface area contributed by atoms with Gasteiger partial charge in [0.1, 0.15) is 18.1 Å². The number of nitrogens with one attached hydrogen (secondary N) is 1. The largest absolute Gasteiger partial charge is 0.492 e. The summed E-state index contributed by atoms with van der Waals surface area (Å²) in [6.45, 7) is 13.1. The van der Waals surface area contributed by atoms with Crippen LogP contribution in [0.3, 0.4) is 0 Å². The molecule has 0 aliphatic carbocycles. The zero-order valence-corrected chi connectivity index (χ0v) is 23.4. The smallest absolute Gasteiger partial charge is 0.151 e. The van der Waals surface area contributed by atoms with Gasteiger partial charge in [-0.15, -0.1) is 0 Å². The van der Waals surface area contributed by atoms with Crippen molar-refractivity contribution in [1.82, 2.24) is 14.7 Å². The Kier molecular flexibility index (Phi) is 8.67. The second kappa shape index (κ2) is 12.3.